The summed E-state index contributed by atoms with van der Waals surface area (Å²) in [6.07, 6.45) is 2.89. The van der Waals surface area contributed by atoms with Crippen molar-refractivity contribution in [2.75, 3.05) is 26.2 Å². The SMILES string of the molecule is CC(C)C1CN(CC2CCC(C)(C)O2)CCN1. The minimum Gasteiger partial charge on any atom is -0.371 e. The highest BCUT2D eigenvalue weighted by molar-refractivity contribution is 4.86. The van der Waals surface area contributed by atoms with Gasteiger partial charge in [0.15, 0.2) is 0 Å². The van der Waals surface area contributed by atoms with Crippen molar-refractivity contribution in [3.63, 3.8) is 0 Å². The second-order valence-corrected chi connectivity index (χ2v) is 6.60. The molecule has 0 aromatic rings. The van der Waals surface area contributed by atoms with Crippen molar-refractivity contribution in [3.05, 3.63) is 0 Å². The predicted molar refractivity (Wildman–Crippen MR) is 71.3 cm³/mol. The highest BCUT2D eigenvalue weighted by Gasteiger charge is 2.33. The Morgan fingerprint density at radius 2 is 2.18 bits per heavy atom. The van der Waals surface area contributed by atoms with E-state index in [1.54, 1.807) is 0 Å². The molecule has 2 unspecified atom stereocenters. The highest BCUT2D eigenvalue weighted by Crippen LogP contribution is 2.29. The first-order valence-electron chi connectivity index (χ1n) is 7.10. The van der Waals surface area contributed by atoms with Crippen LogP contribution in [-0.2, 0) is 4.74 Å². The molecule has 17 heavy (non-hydrogen) atoms. The molecule has 0 amide bonds. The zero-order chi connectivity index (χ0) is 12.5. The third kappa shape index (κ3) is 3.67. The average molecular weight is 240 g/mol. The van der Waals surface area contributed by atoms with Crippen LogP contribution in [-0.4, -0.2) is 48.8 Å². The lowest BCUT2D eigenvalue weighted by Gasteiger charge is -2.37. The minimum absolute atomic E-state index is 0.107. The number of hydrogen-bond acceptors (Lipinski definition) is 3. The quantitative estimate of drug-likeness (QED) is 0.815. The van der Waals surface area contributed by atoms with Gasteiger partial charge in [0.2, 0.25) is 0 Å². The van der Waals surface area contributed by atoms with Gasteiger partial charge in [0.25, 0.3) is 0 Å². The number of ether oxygens (including phenoxy) is 1. The Labute approximate surface area is 106 Å². The van der Waals surface area contributed by atoms with Crippen LogP contribution in [0.25, 0.3) is 0 Å². The van der Waals surface area contributed by atoms with Gasteiger partial charge in [-0.05, 0) is 32.6 Å². The summed E-state index contributed by atoms with van der Waals surface area (Å²) in [6.45, 7) is 13.6. The molecule has 2 heterocycles. The summed E-state index contributed by atoms with van der Waals surface area (Å²) in [5, 5.41) is 3.61. The van der Waals surface area contributed by atoms with Gasteiger partial charge in [0.05, 0.1) is 11.7 Å². The van der Waals surface area contributed by atoms with E-state index in [1.807, 2.05) is 0 Å². The average Bonchev–Trinajstić information content (AvgIpc) is 2.58. The molecule has 2 aliphatic heterocycles. The maximum absolute atomic E-state index is 6.09. The summed E-state index contributed by atoms with van der Waals surface area (Å²) in [5.41, 5.74) is 0.107. The maximum Gasteiger partial charge on any atom is 0.0710 e. The fraction of sp³-hybridized carbons (Fsp3) is 1.00. The topological polar surface area (TPSA) is 24.5 Å². The molecule has 1 N–H and O–H groups in total. The third-order valence-corrected chi connectivity index (χ3v) is 4.11. The Morgan fingerprint density at radius 1 is 1.41 bits per heavy atom. The summed E-state index contributed by atoms with van der Waals surface area (Å²) in [5.74, 6) is 0.721. The first-order valence-corrected chi connectivity index (χ1v) is 7.10. The number of piperazine rings is 1. The second kappa shape index (κ2) is 5.25. The van der Waals surface area contributed by atoms with Crippen LogP contribution in [0.4, 0.5) is 0 Å². The van der Waals surface area contributed by atoms with Crippen LogP contribution in [0.3, 0.4) is 0 Å². The van der Waals surface area contributed by atoms with Gasteiger partial charge in [0.1, 0.15) is 0 Å². The Morgan fingerprint density at radius 3 is 2.76 bits per heavy atom. The van der Waals surface area contributed by atoms with E-state index in [0.717, 1.165) is 19.0 Å². The molecule has 0 saturated carbocycles. The van der Waals surface area contributed by atoms with Crippen molar-refractivity contribution in [2.45, 2.75) is 58.3 Å². The second-order valence-electron chi connectivity index (χ2n) is 6.60. The van der Waals surface area contributed by atoms with Crippen LogP contribution < -0.4 is 5.32 Å². The first kappa shape index (κ1) is 13.3. The standard InChI is InChI=1S/C14H28N2O/c1-11(2)13-10-16(8-7-15-13)9-12-5-6-14(3,4)17-12/h11-13,15H,5-10H2,1-4H3. The molecule has 2 atom stereocenters. The molecule has 100 valence electrons. The van der Waals surface area contributed by atoms with E-state index in [1.165, 1.54) is 25.9 Å². The van der Waals surface area contributed by atoms with Crippen LogP contribution in [0.2, 0.25) is 0 Å². The van der Waals surface area contributed by atoms with Crippen LogP contribution >= 0.6 is 0 Å². The molecule has 0 aromatic carbocycles. The Kier molecular flexibility index (Phi) is 4.11. The van der Waals surface area contributed by atoms with E-state index in [-0.39, 0.29) is 5.60 Å². The van der Waals surface area contributed by atoms with Crippen LogP contribution in [0.15, 0.2) is 0 Å². The number of nitrogens with one attached hydrogen (secondary N) is 1. The molecule has 3 nitrogen and oxygen atoms in total. The monoisotopic (exact) mass is 240 g/mol. The van der Waals surface area contributed by atoms with Crippen LogP contribution in [0, 0.1) is 5.92 Å². The Bertz CT molecular complexity index is 253. The molecule has 0 bridgehead atoms. The molecular weight excluding hydrogens is 212 g/mol. The molecule has 2 saturated heterocycles. The van der Waals surface area contributed by atoms with Crippen molar-refractivity contribution in [1.29, 1.82) is 0 Å². The molecule has 0 aromatic heterocycles. The summed E-state index contributed by atoms with van der Waals surface area (Å²) in [4.78, 5) is 2.58. The van der Waals surface area contributed by atoms with Gasteiger partial charge < -0.3 is 10.1 Å². The van der Waals surface area contributed by atoms with Gasteiger partial charge in [-0.1, -0.05) is 13.8 Å². The van der Waals surface area contributed by atoms with E-state index in [2.05, 4.69) is 37.9 Å². The fourth-order valence-corrected chi connectivity index (χ4v) is 2.95. The Hall–Kier alpha value is -0.120. The minimum atomic E-state index is 0.107. The smallest absolute Gasteiger partial charge is 0.0710 e. The lowest BCUT2D eigenvalue weighted by Crippen LogP contribution is -2.54. The lowest BCUT2D eigenvalue weighted by molar-refractivity contribution is -0.0321. The lowest BCUT2D eigenvalue weighted by atomic mass is 10.0. The van der Waals surface area contributed by atoms with Crippen LogP contribution in [0.5, 0.6) is 0 Å². The van der Waals surface area contributed by atoms with Crippen molar-refractivity contribution in [3.8, 4) is 0 Å². The summed E-state index contributed by atoms with van der Waals surface area (Å²) in [6, 6.07) is 0.651. The van der Waals surface area contributed by atoms with Gasteiger partial charge in [-0.3, -0.25) is 4.90 Å². The molecule has 0 aliphatic carbocycles. The van der Waals surface area contributed by atoms with Crippen molar-refractivity contribution >= 4 is 0 Å². The predicted octanol–water partition coefficient (Wildman–Crippen LogP) is 1.87. The zero-order valence-corrected chi connectivity index (χ0v) is 11.8. The van der Waals surface area contributed by atoms with Gasteiger partial charge >= 0.3 is 0 Å². The molecule has 0 spiro atoms. The third-order valence-electron chi connectivity index (χ3n) is 4.11. The summed E-state index contributed by atoms with van der Waals surface area (Å²) < 4.78 is 6.09. The largest absolute Gasteiger partial charge is 0.371 e. The van der Waals surface area contributed by atoms with Gasteiger partial charge in [-0.15, -0.1) is 0 Å². The molecular formula is C14H28N2O. The maximum atomic E-state index is 6.09. The fourth-order valence-electron chi connectivity index (χ4n) is 2.95. The number of hydrogen-bond donors (Lipinski definition) is 1. The van der Waals surface area contributed by atoms with E-state index in [0.29, 0.717) is 12.1 Å². The van der Waals surface area contributed by atoms with Gasteiger partial charge in [-0.25, -0.2) is 0 Å². The summed E-state index contributed by atoms with van der Waals surface area (Å²) >= 11 is 0. The first-order chi connectivity index (χ1) is 7.96. The van der Waals surface area contributed by atoms with Crippen molar-refractivity contribution in [2.24, 2.45) is 5.92 Å². The van der Waals surface area contributed by atoms with Crippen LogP contribution in [0.1, 0.15) is 40.5 Å². The molecule has 2 aliphatic rings. The highest BCUT2D eigenvalue weighted by atomic mass is 16.5. The molecule has 0 radical (unpaired) electrons. The van der Waals surface area contributed by atoms with E-state index >= 15 is 0 Å². The summed E-state index contributed by atoms with van der Waals surface area (Å²) in [7, 11) is 0. The van der Waals surface area contributed by atoms with Gasteiger partial charge in [0, 0.05) is 32.2 Å². The molecule has 2 rings (SSSR count). The molecule has 3 heteroatoms. The Balaban J connectivity index is 1.79. The number of nitrogens with zero attached hydrogens (tertiary/aromatic N) is 1. The normalized spacial score (nSPS) is 34.4. The van der Waals surface area contributed by atoms with E-state index < -0.39 is 0 Å². The zero-order valence-electron chi connectivity index (χ0n) is 11.8. The van der Waals surface area contributed by atoms with Crippen molar-refractivity contribution in [1.82, 2.24) is 10.2 Å². The van der Waals surface area contributed by atoms with Gasteiger partial charge in [-0.2, -0.15) is 0 Å². The van der Waals surface area contributed by atoms with E-state index in [9.17, 15) is 0 Å². The number of rotatable bonds is 3. The van der Waals surface area contributed by atoms with Crippen molar-refractivity contribution < 1.29 is 4.74 Å². The molecule has 2 fully saturated rings. The van der Waals surface area contributed by atoms with E-state index in [4.69, 9.17) is 4.74 Å².